The van der Waals surface area contributed by atoms with Gasteiger partial charge in [0.25, 0.3) is 0 Å². The predicted molar refractivity (Wildman–Crippen MR) is 95.7 cm³/mol. The Hall–Kier alpha value is -1.08. The van der Waals surface area contributed by atoms with Gasteiger partial charge in [0.1, 0.15) is 0 Å². The van der Waals surface area contributed by atoms with E-state index in [1.165, 1.54) is 36.8 Å². The molecule has 0 unspecified atom stereocenters. The van der Waals surface area contributed by atoms with Crippen molar-refractivity contribution in [2.45, 2.75) is 59.2 Å². The summed E-state index contributed by atoms with van der Waals surface area (Å²) in [6.45, 7) is 11.8. The highest BCUT2D eigenvalue weighted by atomic mass is 28.3. The van der Waals surface area contributed by atoms with Crippen LogP contribution in [0.4, 0.5) is 0 Å². The van der Waals surface area contributed by atoms with Crippen LogP contribution in [-0.2, 0) is 0 Å². The number of allylic oxidation sites excluding steroid dienone is 3. The van der Waals surface area contributed by atoms with Gasteiger partial charge in [-0.1, -0.05) is 88.4 Å². The zero-order chi connectivity index (χ0) is 15.0. The molecule has 0 aliphatic carbocycles. The fraction of sp³-hybridized carbons (Fsp3) is 0.474. The van der Waals surface area contributed by atoms with Crippen LogP contribution in [0.25, 0.3) is 5.57 Å². The average Bonchev–Trinajstić information content (AvgIpc) is 2.41. The maximum atomic E-state index is 2.57. The van der Waals surface area contributed by atoms with E-state index in [1.54, 1.807) is 5.57 Å². The van der Waals surface area contributed by atoms with Gasteiger partial charge in [-0.3, -0.25) is 0 Å². The van der Waals surface area contributed by atoms with E-state index in [0.29, 0.717) is 0 Å². The highest BCUT2D eigenvalue weighted by molar-refractivity contribution is 6.81. The molecule has 0 bridgehead atoms. The lowest BCUT2D eigenvalue weighted by Gasteiger charge is -2.18. The van der Waals surface area contributed by atoms with Gasteiger partial charge in [0.05, 0.1) is 8.07 Å². The minimum Gasteiger partial charge on any atom is -0.0871 e. The highest BCUT2D eigenvalue weighted by Crippen LogP contribution is 2.29. The quantitative estimate of drug-likeness (QED) is 0.398. The van der Waals surface area contributed by atoms with E-state index >= 15 is 0 Å². The summed E-state index contributed by atoms with van der Waals surface area (Å²) < 4.78 is 0. The summed E-state index contributed by atoms with van der Waals surface area (Å²) in [5, 5.41) is 0. The van der Waals surface area contributed by atoms with Crippen molar-refractivity contribution in [2.24, 2.45) is 0 Å². The molecule has 0 nitrogen and oxygen atoms in total. The van der Waals surface area contributed by atoms with Crippen molar-refractivity contribution in [3.63, 3.8) is 0 Å². The lowest BCUT2D eigenvalue weighted by molar-refractivity contribution is 0.898. The summed E-state index contributed by atoms with van der Waals surface area (Å²) in [5.41, 5.74) is 6.98. The van der Waals surface area contributed by atoms with Crippen LogP contribution in [-0.4, -0.2) is 8.07 Å². The van der Waals surface area contributed by atoms with Crippen molar-refractivity contribution >= 4 is 13.6 Å². The second kappa shape index (κ2) is 8.26. The lowest BCUT2D eigenvalue weighted by Crippen LogP contribution is -2.17. The number of rotatable bonds is 7. The Bertz CT molecular complexity index is 446. The molecule has 20 heavy (non-hydrogen) atoms. The van der Waals surface area contributed by atoms with E-state index in [-0.39, 0.29) is 0 Å². The predicted octanol–water partition coefficient (Wildman–Crippen LogP) is 6.47. The van der Waals surface area contributed by atoms with Crippen LogP contribution in [0, 0.1) is 0 Å². The summed E-state index contributed by atoms with van der Waals surface area (Å²) in [7, 11) is -1.24. The molecule has 1 heteroatoms. The van der Waals surface area contributed by atoms with Crippen molar-refractivity contribution in [3.8, 4) is 0 Å². The van der Waals surface area contributed by atoms with E-state index in [9.17, 15) is 0 Å². The topological polar surface area (TPSA) is 0 Å². The maximum absolute atomic E-state index is 2.57. The largest absolute Gasteiger partial charge is 0.0871 e. The van der Waals surface area contributed by atoms with Crippen molar-refractivity contribution < 1.29 is 0 Å². The Morgan fingerprint density at radius 1 is 1.00 bits per heavy atom. The third-order valence-corrected chi connectivity index (χ3v) is 4.36. The van der Waals surface area contributed by atoms with Crippen LogP contribution < -0.4 is 0 Å². The molecule has 0 aliphatic heterocycles. The van der Waals surface area contributed by atoms with Crippen LogP contribution >= 0.6 is 0 Å². The zero-order valence-electron chi connectivity index (χ0n) is 13.9. The summed E-state index contributed by atoms with van der Waals surface area (Å²) >= 11 is 0. The molecule has 0 amide bonds. The highest BCUT2D eigenvalue weighted by Gasteiger charge is 2.14. The van der Waals surface area contributed by atoms with E-state index in [2.05, 4.69) is 75.6 Å². The number of hydrogen-bond acceptors (Lipinski definition) is 0. The SMILES string of the molecule is CCCC=C(CCC)C(=C[Si](C)(C)C)c1ccccc1. The molecule has 0 radical (unpaired) electrons. The molecular weight excluding hydrogens is 256 g/mol. The third kappa shape index (κ3) is 5.92. The first-order chi connectivity index (χ1) is 9.48. The van der Waals surface area contributed by atoms with E-state index in [4.69, 9.17) is 0 Å². The Morgan fingerprint density at radius 3 is 2.15 bits per heavy atom. The molecule has 0 aromatic heterocycles. The van der Waals surface area contributed by atoms with Crippen LogP contribution in [0.5, 0.6) is 0 Å². The smallest absolute Gasteiger partial charge is 0.0695 e. The Labute approximate surface area is 126 Å². The molecule has 1 rings (SSSR count). The van der Waals surface area contributed by atoms with Gasteiger partial charge in [0.2, 0.25) is 0 Å². The number of benzene rings is 1. The fourth-order valence-electron chi connectivity index (χ4n) is 2.35. The fourth-order valence-corrected chi connectivity index (χ4v) is 3.56. The van der Waals surface area contributed by atoms with Gasteiger partial charge in [0.15, 0.2) is 0 Å². The second-order valence-electron chi connectivity index (χ2n) is 6.56. The Morgan fingerprint density at radius 2 is 1.65 bits per heavy atom. The van der Waals surface area contributed by atoms with E-state index < -0.39 is 8.07 Å². The third-order valence-electron chi connectivity index (χ3n) is 3.21. The summed E-state index contributed by atoms with van der Waals surface area (Å²) in [4.78, 5) is 0. The van der Waals surface area contributed by atoms with Gasteiger partial charge in [0, 0.05) is 0 Å². The monoisotopic (exact) mass is 286 g/mol. The van der Waals surface area contributed by atoms with Crippen molar-refractivity contribution in [1.29, 1.82) is 0 Å². The van der Waals surface area contributed by atoms with Crippen LogP contribution in [0.1, 0.15) is 45.1 Å². The molecule has 0 aliphatic rings. The normalized spacial score (nSPS) is 13.7. The van der Waals surface area contributed by atoms with Crippen LogP contribution in [0.3, 0.4) is 0 Å². The summed E-state index contributed by atoms with van der Waals surface area (Å²) in [6, 6.07) is 10.9. The minimum atomic E-state index is -1.24. The molecular formula is C19H30Si. The Kier molecular flexibility index (Phi) is 7.01. The molecule has 1 aromatic rings. The second-order valence-corrected chi connectivity index (χ2v) is 11.6. The van der Waals surface area contributed by atoms with Gasteiger partial charge < -0.3 is 0 Å². The van der Waals surface area contributed by atoms with Gasteiger partial charge in [-0.25, -0.2) is 0 Å². The molecule has 0 saturated heterocycles. The molecule has 0 fully saturated rings. The van der Waals surface area contributed by atoms with Gasteiger partial charge in [-0.15, -0.1) is 0 Å². The summed E-state index contributed by atoms with van der Waals surface area (Å²) in [5.74, 6) is 0. The van der Waals surface area contributed by atoms with Crippen LogP contribution in [0.15, 0.2) is 47.7 Å². The number of hydrogen-bond donors (Lipinski definition) is 0. The maximum Gasteiger partial charge on any atom is 0.0695 e. The van der Waals surface area contributed by atoms with Crippen LogP contribution in [0.2, 0.25) is 19.6 Å². The Balaban J connectivity index is 3.25. The first-order valence-electron chi connectivity index (χ1n) is 7.95. The molecule has 0 heterocycles. The van der Waals surface area contributed by atoms with Gasteiger partial charge in [-0.2, -0.15) is 0 Å². The summed E-state index contributed by atoms with van der Waals surface area (Å²) in [6.07, 6.45) is 7.27. The lowest BCUT2D eigenvalue weighted by atomic mass is 9.95. The number of unbranched alkanes of at least 4 members (excludes halogenated alkanes) is 1. The van der Waals surface area contributed by atoms with E-state index in [1.807, 2.05) is 0 Å². The van der Waals surface area contributed by atoms with Gasteiger partial charge >= 0.3 is 0 Å². The first-order valence-corrected chi connectivity index (χ1v) is 11.5. The van der Waals surface area contributed by atoms with Crippen molar-refractivity contribution in [3.05, 3.63) is 53.2 Å². The molecule has 110 valence electrons. The molecule has 0 saturated carbocycles. The minimum absolute atomic E-state index is 1.19. The average molecular weight is 287 g/mol. The molecule has 0 atom stereocenters. The molecule has 0 N–H and O–H groups in total. The molecule has 0 spiro atoms. The zero-order valence-corrected chi connectivity index (χ0v) is 14.9. The molecule has 1 aromatic carbocycles. The van der Waals surface area contributed by atoms with E-state index in [0.717, 1.165) is 0 Å². The van der Waals surface area contributed by atoms with Gasteiger partial charge in [-0.05, 0) is 29.6 Å². The first kappa shape index (κ1) is 17.0. The van der Waals surface area contributed by atoms with Crippen molar-refractivity contribution in [1.82, 2.24) is 0 Å². The standard InChI is InChI=1S/C19H30Si/c1-6-8-13-17(12-7-2)19(16-20(3,4)5)18-14-10-9-11-15-18/h9-11,13-16H,6-8,12H2,1-5H3. The van der Waals surface area contributed by atoms with Crippen molar-refractivity contribution in [2.75, 3.05) is 0 Å².